The van der Waals surface area contributed by atoms with Crippen molar-refractivity contribution < 1.29 is 37.9 Å². The lowest BCUT2D eigenvalue weighted by Crippen LogP contribution is -2.60. The summed E-state index contributed by atoms with van der Waals surface area (Å²) in [6.07, 6.45) is -5.77. The standard InChI is InChI=1S/C23H30N2O8S/c1-31-23-21(28)22(20(27)18(15-26)33-23)32-13-12-19(24-14-16-8-4-2-5-9-16)25-34(29,30)17-10-6-3-7-11-17/h2-11,18,20-23,26-28H,12-15H2,1H3,(H,24,25)/t18-,20+,21-,22+,23-/m1/s1. The first-order valence-electron chi connectivity index (χ1n) is 10.8. The Bertz CT molecular complexity index is 1000. The molecule has 10 nitrogen and oxygen atoms in total. The second kappa shape index (κ2) is 12.4. The molecule has 2 aromatic carbocycles. The largest absolute Gasteiger partial charge is 0.394 e. The molecule has 0 aromatic heterocycles. The highest BCUT2D eigenvalue weighted by Gasteiger charge is 2.45. The predicted molar refractivity (Wildman–Crippen MR) is 123 cm³/mol. The van der Waals surface area contributed by atoms with Crippen LogP contribution in [0.4, 0.5) is 0 Å². The maximum Gasteiger partial charge on any atom is 0.262 e. The molecule has 0 bridgehead atoms. The lowest BCUT2D eigenvalue weighted by molar-refractivity contribution is -0.301. The van der Waals surface area contributed by atoms with E-state index in [4.69, 9.17) is 14.2 Å². The molecule has 4 N–H and O–H groups in total. The normalized spacial score (nSPS) is 25.8. The summed E-state index contributed by atoms with van der Waals surface area (Å²) in [5.74, 6) is 0.158. The Morgan fingerprint density at radius 1 is 1.06 bits per heavy atom. The minimum atomic E-state index is -3.87. The first kappa shape index (κ1) is 26.2. The van der Waals surface area contributed by atoms with E-state index in [1.165, 1.54) is 19.2 Å². The molecule has 0 radical (unpaired) electrons. The van der Waals surface area contributed by atoms with Crippen molar-refractivity contribution in [3.8, 4) is 0 Å². The number of rotatable bonds is 10. The molecule has 5 atom stereocenters. The van der Waals surface area contributed by atoms with Gasteiger partial charge in [0.15, 0.2) is 6.29 Å². The molecule has 0 amide bonds. The number of nitrogens with one attached hydrogen (secondary N) is 1. The number of sulfonamides is 1. The second-order valence-electron chi connectivity index (χ2n) is 7.69. The van der Waals surface area contributed by atoms with Gasteiger partial charge in [0.25, 0.3) is 10.0 Å². The van der Waals surface area contributed by atoms with E-state index in [1.807, 2.05) is 30.3 Å². The zero-order valence-corrected chi connectivity index (χ0v) is 19.5. The van der Waals surface area contributed by atoms with Crippen molar-refractivity contribution in [2.24, 2.45) is 4.99 Å². The summed E-state index contributed by atoms with van der Waals surface area (Å²) in [4.78, 5) is 4.51. The number of ether oxygens (including phenoxy) is 3. The summed E-state index contributed by atoms with van der Waals surface area (Å²) in [5, 5.41) is 30.2. The van der Waals surface area contributed by atoms with Crippen molar-refractivity contribution >= 4 is 15.9 Å². The number of aliphatic hydroxyl groups excluding tert-OH is 3. The molecule has 3 rings (SSSR count). The Morgan fingerprint density at radius 2 is 1.71 bits per heavy atom. The maximum absolute atomic E-state index is 12.8. The molecule has 2 aromatic rings. The zero-order chi connectivity index (χ0) is 24.6. The van der Waals surface area contributed by atoms with E-state index in [0.29, 0.717) is 0 Å². The first-order chi connectivity index (χ1) is 16.4. The van der Waals surface area contributed by atoms with Crippen molar-refractivity contribution in [3.63, 3.8) is 0 Å². The van der Waals surface area contributed by atoms with Crippen molar-refractivity contribution in [2.45, 2.75) is 48.6 Å². The van der Waals surface area contributed by atoms with Gasteiger partial charge in [-0.25, -0.2) is 8.42 Å². The van der Waals surface area contributed by atoms with Crippen LogP contribution in [0.15, 0.2) is 70.6 Å². The Hall–Kier alpha value is -2.38. The van der Waals surface area contributed by atoms with Crippen LogP contribution >= 0.6 is 0 Å². The Labute approximate surface area is 198 Å². The minimum absolute atomic E-state index is 0.0527. The third kappa shape index (κ3) is 6.83. The molecule has 11 heteroatoms. The average Bonchev–Trinajstić information content (AvgIpc) is 2.85. The lowest BCUT2D eigenvalue weighted by atomic mass is 9.99. The van der Waals surface area contributed by atoms with Crippen LogP contribution in [0.3, 0.4) is 0 Å². The van der Waals surface area contributed by atoms with E-state index in [2.05, 4.69) is 9.71 Å². The highest BCUT2D eigenvalue weighted by Crippen LogP contribution is 2.24. The van der Waals surface area contributed by atoms with Gasteiger partial charge < -0.3 is 29.5 Å². The fourth-order valence-electron chi connectivity index (χ4n) is 3.48. The maximum atomic E-state index is 12.8. The van der Waals surface area contributed by atoms with E-state index in [9.17, 15) is 23.7 Å². The molecular formula is C23H30N2O8S. The van der Waals surface area contributed by atoms with E-state index in [-0.39, 0.29) is 30.3 Å². The molecule has 1 saturated heterocycles. The fourth-order valence-corrected chi connectivity index (χ4v) is 4.59. The summed E-state index contributed by atoms with van der Waals surface area (Å²) in [5.41, 5.74) is 0.892. The van der Waals surface area contributed by atoms with Gasteiger partial charge in [-0.1, -0.05) is 48.5 Å². The zero-order valence-electron chi connectivity index (χ0n) is 18.7. The lowest BCUT2D eigenvalue weighted by Gasteiger charge is -2.41. The van der Waals surface area contributed by atoms with Gasteiger partial charge in [-0.15, -0.1) is 0 Å². The summed E-state index contributed by atoms with van der Waals surface area (Å²) >= 11 is 0. The summed E-state index contributed by atoms with van der Waals surface area (Å²) < 4.78 is 44.2. The number of hydrogen-bond acceptors (Lipinski definition) is 9. The molecule has 34 heavy (non-hydrogen) atoms. The van der Waals surface area contributed by atoms with E-state index in [1.54, 1.807) is 18.2 Å². The molecule has 0 spiro atoms. The molecule has 1 aliphatic rings. The van der Waals surface area contributed by atoms with Crippen LogP contribution in [-0.2, 0) is 30.8 Å². The van der Waals surface area contributed by atoms with Gasteiger partial charge in [0.05, 0.1) is 24.7 Å². The SMILES string of the molecule is CO[C@@H]1O[C@H](CO)[C@H](O)[C@H](OCCC(=NCc2ccccc2)NS(=O)(=O)c2ccccc2)[C@H]1O. The van der Waals surface area contributed by atoms with Crippen LogP contribution < -0.4 is 4.72 Å². The second-order valence-corrected chi connectivity index (χ2v) is 9.38. The molecule has 186 valence electrons. The quantitative estimate of drug-likeness (QED) is 0.275. The van der Waals surface area contributed by atoms with Gasteiger partial charge >= 0.3 is 0 Å². The number of nitrogens with zero attached hydrogens (tertiary/aromatic N) is 1. The highest BCUT2D eigenvalue weighted by molar-refractivity contribution is 7.90. The van der Waals surface area contributed by atoms with E-state index < -0.39 is 47.3 Å². The summed E-state index contributed by atoms with van der Waals surface area (Å²) in [7, 11) is -2.55. The summed E-state index contributed by atoms with van der Waals surface area (Å²) in [6, 6.07) is 17.2. The molecule has 1 aliphatic heterocycles. The molecular weight excluding hydrogens is 464 g/mol. The van der Waals surface area contributed by atoms with Gasteiger partial charge in [0, 0.05) is 13.5 Å². The minimum Gasteiger partial charge on any atom is -0.394 e. The van der Waals surface area contributed by atoms with E-state index >= 15 is 0 Å². The average molecular weight is 495 g/mol. The highest BCUT2D eigenvalue weighted by atomic mass is 32.2. The third-order valence-electron chi connectivity index (χ3n) is 5.30. The monoisotopic (exact) mass is 494 g/mol. The Balaban J connectivity index is 1.72. The fraction of sp³-hybridized carbons (Fsp3) is 0.435. The molecule has 1 heterocycles. The van der Waals surface area contributed by atoms with Crippen molar-refractivity contribution in [1.29, 1.82) is 0 Å². The van der Waals surface area contributed by atoms with Crippen molar-refractivity contribution in [2.75, 3.05) is 20.3 Å². The predicted octanol–water partition coefficient (Wildman–Crippen LogP) is 0.424. The van der Waals surface area contributed by atoms with Gasteiger partial charge in [-0.2, -0.15) is 0 Å². The third-order valence-corrected chi connectivity index (χ3v) is 6.70. The Morgan fingerprint density at radius 3 is 2.32 bits per heavy atom. The van der Waals surface area contributed by atoms with Crippen molar-refractivity contribution in [3.05, 3.63) is 66.2 Å². The molecule has 1 fully saturated rings. The van der Waals surface area contributed by atoms with Crippen LogP contribution in [0.2, 0.25) is 0 Å². The molecule has 0 saturated carbocycles. The number of benzene rings is 2. The first-order valence-corrected chi connectivity index (χ1v) is 12.3. The smallest absolute Gasteiger partial charge is 0.262 e. The molecule has 0 unspecified atom stereocenters. The van der Waals surface area contributed by atoms with Crippen LogP contribution in [0, 0.1) is 0 Å². The van der Waals surface area contributed by atoms with Gasteiger partial charge in [-0.3, -0.25) is 9.71 Å². The molecule has 0 aliphatic carbocycles. The van der Waals surface area contributed by atoms with Crippen molar-refractivity contribution in [1.82, 2.24) is 4.72 Å². The van der Waals surface area contributed by atoms with Crippen LogP contribution in [-0.4, -0.2) is 80.6 Å². The number of aliphatic hydroxyl groups is 3. The number of amidine groups is 1. The van der Waals surface area contributed by atoms with Crippen LogP contribution in [0.25, 0.3) is 0 Å². The summed E-state index contributed by atoms with van der Waals surface area (Å²) in [6.45, 7) is -0.319. The number of aliphatic imine (C=N–C) groups is 1. The van der Waals surface area contributed by atoms with Gasteiger partial charge in [0.1, 0.15) is 30.3 Å². The van der Waals surface area contributed by atoms with E-state index in [0.717, 1.165) is 5.56 Å². The van der Waals surface area contributed by atoms with Crippen LogP contribution in [0.1, 0.15) is 12.0 Å². The van der Waals surface area contributed by atoms with Gasteiger partial charge in [0.2, 0.25) is 0 Å². The number of hydrogen-bond donors (Lipinski definition) is 4. The van der Waals surface area contributed by atoms with Crippen LogP contribution in [0.5, 0.6) is 0 Å². The van der Waals surface area contributed by atoms with Gasteiger partial charge in [-0.05, 0) is 17.7 Å². The number of methoxy groups -OCH3 is 1. The Kier molecular flexibility index (Phi) is 9.54. The topological polar surface area (TPSA) is 147 Å².